The zero-order valence-corrected chi connectivity index (χ0v) is 14.8. The fraction of sp³-hybridized carbons (Fsp3) is 0.118. The zero-order chi connectivity index (χ0) is 17.8. The molecule has 0 amide bonds. The summed E-state index contributed by atoms with van der Waals surface area (Å²) in [6, 6.07) is 11.8. The molecule has 0 fully saturated rings. The minimum absolute atomic E-state index is 0.0397. The highest BCUT2D eigenvalue weighted by atomic mass is 35.5. The number of halogens is 2. The van der Waals surface area contributed by atoms with E-state index < -0.39 is 5.82 Å². The number of nitrogens with zero attached hydrogens (tertiary/aromatic N) is 3. The normalized spacial score (nSPS) is 11.2. The Hall–Kier alpha value is -2.51. The van der Waals surface area contributed by atoms with Gasteiger partial charge in [0.05, 0.1) is 11.2 Å². The number of ether oxygens (including phenoxy) is 1. The summed E-state index contributed by atoms with van der Waals surface area (Å²) < 4.78 is 21.4. The standard InChI is InChI=1S/C17H14ClFN4OS/c1-11-21-22-17(25)23(11)20-9-12-4-2-5-13(8-12)24-10-14-15(18)6-3-7-16(14)19/h2-9H,10H2,1H3,(H,22,25)/b20-9+. The summed E-state index contributed by atoms with van der Waals surface area (Å²) in [5, 5.41) is 11.3. The maximum Gasteiger partial charge on any atom is 0.216 e. The highest BCUT2D eigenvalue weighted by Gasteiger charge is 2.07. The van der Waals surface area contributed by atoms with Crippen molar-refractivity contribution in [2.75, 3.05) is 0 Å². The van der Waals surface area contributed by atoms with E-state index in [1.54, 1.807) is 37.4 Å². The first-order chi connectivity index (χ1) is 12.0. The van der Waals surface area contributed by atoms with E-state index in [1.165, 1.54) is 10.7 Å². The lowest BCUT2D eigenvalue weighted by Gasteiger charge is -2.09. The third-order valence-corrected chi connectivity index (χ3v) is 4.06. The van der Waals surface area contributed by atoms with Gasteiger partial charge in [0.25, 0.3) is 0 Å². The van der Waals surface area contributed by atoms with Gasteiger partial charge in [0.15, 0.2) is 0 Å². The third-order valence-electron chi connectivity index (χ3n) is 3.44. The van der Waals surface area contributed by atoms with Crippen LogP contribution in [-0.2, 0) is 6.61 Å². The van der Waals surface area contributed by atoms with Gasteiger partial charge in [-0.2, -0.15) is 14.9 Å². The fourth-order valence-corrected chi connectivity index (χ4v) is 2.58. The Kier molecular flexibility index (Phi) is 5.25. The number of benzene rings is 2. The van der Waals surface area contributed by atoms with Gasteiger partial charge in [0.1, 0.15) is 24.0 Å². The van der Waals surface area contributed by atoms with Crippen molar-refractivity contribution >= 4 is 30.0 Å². The molecule has 0 aliphatic carbocycles. The van der Waals surface area contributed by atoms with Gasteiger partial charge in [-0.25, -0.2) is 4.39 Å². The molecular formula is C17H14ClFN4OS. The van der Waals surface area contributed by atoms with Crippen LogP contribution in [0.3, 0.4) is 0 Å². The number of rotatable bonds is 5. The van der Waals surface area contributed by atoms with Gasteiger partial charge in [0.2, 0.25) is 4.77 Å². The summed E-state index contributed by atoms with van der Waals surface area (Å²) in [5.74, 6) is 0.841. The molecule has 1 aromatic heterocycles. The summed E-state index contributed by atoms with van der Waals surface area (Å²) >= 11 is 11.1. The van der Waals surface area contributed by atoms with Crippen LogP contribution >= 0.6 is 23.8 Å². The van der Waals surface area contributed by atoms with Crippen LogP contribution in [0.1, 0.15) is 17.0 Å². The molecule has 128 valence electrons. The van der Waals surface area contributed by atoms with Gasteiger partial charge in [-0.05, 0) is 49.0 Å². The topological polar surface area (TPSA) is 55.2 Å². The van der Waals surface area contributed by atoms with Crippen molar-refractivity contribution in [3.63, 3.8) is 0 Å². The number of hydrogen-bond donors (Lipinski definition) is 1. The molecule has 0 aliphatic heterocycles. The molecule has 0 atom stereocenters. The Morgan fingerprint density at radius 1 is 1.36 bits per heavy atom. The maximum absolute atomic E-state index is 13.8. The Morgan fingerprint density at radius 3 is 2.88 bits per heavy atom. The van der Waals surface area contributed by atoms with Crippen LogP contribution in [0.4, 0.5) is 4.39 Å². The van der Waals surface area contributed by atoms with Crippen LogP contribution in [0.5, 0.6) is 5.75 Å². The number of aryl methyl sites for hydroxylation is 1. The summed E-state index contributed by atoms with van der Waals surface area (Å²) in [5.41, 5.74) is 1.13. The number of nitrogens with one attached hydrogen (secondary N) is 1. The van der Waals surface area contributed by atoms with Crippen molar-refractivity contribution < 1.29 is 9.13 Å². The molecule has 1 heterocycles. The second-order valence-electron chi connectivity index (χ2n) is 5.19. The van der Waals surface area contributed by atoms with Crippen LogP contribution in [0.2, 0.25) is 5.02 Å². The molecule has 2 aromatic carbocycles. The van der Waals surface area contributed by atoms with Gasteiger partial charge < -0.3 is 4.74 Å². The molecule has 3 aromatic rings. The van der Waals surface area contributed by atoms with E-state index in [4.69, 9.17) is 28.6 Å². The average molecular weight is 377 g/mol. The van der Waals surface area contributed by atoms with E-state index in [2.05, 4.69) is 15.3 Å². The van der Waals surface area contributed by atoms with Gasteiger partial charge in [0, 0.05) is 5.56 Å². The number of hydrogen-bond acceptors (Lipinski definition) is 4. The predicted molar refractivity (Wildman–Crippen MR) is 97.3 cm³/mol. The SMILES string of the molecule is Cc1n[nH]c(=S)n1/N=C/c1cccc(OCc2c(F)cccc2Cl)c1. The van der Waals surface area contributed by atoms with E-state index in [0.717, 1.165) is 5.56 Å². The summed E-state index contributed by atoms with van der Waals surface area (Å²) in [6.07, 6.45) is 1.64. The predicted octanol–water partition coefficient (Wildman–Crippen LogP) is 4.50. The molecule has 0 saturated heterocycles. The largest absolute Gasteiger partial charge is 0.489 e. The van der Waals surface area contributed by atoms with Crippen molar-refractivity contribution in [2.24, 2.45) is 5.10 Å². The highest BCUT2D eigenvalue weighted by Crippen LogP contribution is 2.21. The zero-order valence-electron chi connectivity index (χ0n) is 13.2. The van der Waals surface area contributed by atoms with Gasteiger partial charge in [-0.1, -0.05) is 29.8 Å². The Labute approximate surface area is 153 Å². The molecule has 1 N–H and O–H groups in total. The van der Waals surface area contributed by atoms with Gasteiger partial charge in [-0.15, -0.1) is 0 Å². The minimum Gasteiger partial charge on any atom is -0.489 e. The van der Waals surface area contributed by atoms with Crippen LogP contribution in [-0.4, -0.2) is 21.1 Å². The summed E-state index contributed by atoms with van der Waals surface area (Å²) in [4.78, 5) is 0. The molecule has 5 nitrogen and oxygen atoms in total. The first-order valence-electron chi connectivity index (χ1n) is 7.39. The first kappa shape index (κ1) is 17.3. The lowest BCUT2D eigenvalue weighted by molar-refractivity contribution is 0.300. The molecule has 0 saturated carbocycles. The van der Waals surface area contributed by atoms with Crippen molar-refractivity contribution in [1.29, 1.82) is 0 Å². The molecule has 0 aliphatic rings. The minimum atomic E-state index is -0.393. The van der Waals surface area contributed by atoms with E-state index in [9.17, 15) is 4.39 Å². The lowest BCUT2D eigenvalue weighted by atomic mass is 10.2. The number of aromatic nitrogens is 3. The first-order valence-corrected chi connectivity index (χ1v) is 8.17. The van der Waals surface area contributed by atoms with E-state index in [0.29, 0.717) is 26.9 Å². The number of H-pyrrole nitrogens is 1. The third kappa shape index (κ3) is 4.12. The smallest absolute Gasteiger partial charge is 0.216 e. The van der Waals surface area contributed by atoms with Crippen molar-refractivity contribution in [1.82, 2.24) is 14.9 Å². The molecule has 3 rings (SSSR count). The van der Waals surface area contributed by atoms with Crippen LogP contribution < -0.4 is 4.74 Å². The number of aromatic amines is 1. The molecular weight excluding hydrogens is 363 g/mol. The van der Waals surface area contributed by atoms with E-state index in [-0.39, 0.29) is 6.61 Å². The average Bonchev–Trinajstić information content (AvgIpc) is 2.91. The van der Waals surface area contributed by atoms with Crippen molar-refractivity contribution in [3.8, 4) is 5.75 Å². The van der Waals surface area contributed by atoms with Crippen LogP contribution in [0.25, 0.3) is 0 Å². The second-order valence-corrected chi connectivity index (χ2v) is 5.99. The van der Waals surface area contributed by atoms with E-state index >= 15 is 0 Å². The molecule has 0 radical (unpaired) electrons. The van der Waals surface area contributed by atoms with Crippen LogP contribution in [0, 0.1) is 17.5 Å². The quantitative estimate of drug-likeness (QED) is 0.526. The van der Waals surface area contributed by atoms with Crippen molar-refractivity contribution in [2.45, 2.75) is 13.5 Å². The van der Waals surface area contributed by atoms with Gasteiger partial charge >= 0.3 is 0 Å². The van der Waals surface area contributed by atoms with Crippen LogP contribution in [0.15, 0.2) is 47.6 Å². The molecule has 0 unspecified atom stereocenters. The monoisotopic (exact) mass is 376 g/mol. The van der Waals surface area contributed by atoms with Crippen molar-refractivity contribution in [3.05, 3.63) is 75.0 Å². The van der Waals surface area contributed by atoms with Gasteiger partial charge in [-0.3, -0.25) is 5.10 Å². The Bertz CT molecular complexity index is 963. The molecule has 0 spiro atoms. The molecule has 0 bridgehead atoms. The highest BCUT2D eigenvalue weighted by molar-refractivity contribution is 7.71. The van der Waals surface area contributed by atoms with E-state index in [1.807, 2.05) is 12.1 Å². The molecule has 25 heavy (non-hydrogen) atoms. The summed E-state index contributed by atoms with van der Waals surface area (Å²) in [7, 11) is 0. The maximum atomic E-state index is 13.8. The Balaban J connectivity index is 1.75. The fourth-order valence-electron chi connectivity index (χ4n) is 2.14. The molecule has 8 heteroatoms. The lowest BCUT2D eigenvalue weighted by Crippen LogP contribution is -2.00. The Morgan fingerprint density at radius 2 is 2.16 bits per heavy atom. The summed E-state index contributed by atoms with van der Waals surface area (Å²) in [6.45, 7) is 1.83. The second kappa shape index (κ2) is 7.58.